The van der Waals surface area contributed by atoms with Crippen LogP contribution in [0.2, 0.25) is 0 Å². The maximum absolute atomic E-state index is 13.1. The van der Waals surface area contributed by atoms with Crippen molar-refractivity contribution in [2.24, 2.45) is 0 Å². The summed E-state index contributed by atoms with van der Waals surface area (Å²) in [4.78, 5) is 20.6. The van der Waals surface area contributed by atoms with E-state index in [0.29, 0.717) is 36.7 Å². The molecule has 0 spiro atoms. The first-order chi connectivity index (χ1) is 15.4. The highest BCUT2D eigenvalue weighted by Gasteiger charge is 2.31. The van der Waals surface area contributed by atoms with E-state index in [4.69, 9.17) is 4.74 Å². The van der Waals surface area contributed by atoms with Crippen LogP contribution in [0.25, 0.3) is 10.6 Å². The second-order valence-electron chi connectivity index (χ2n) is 7.41. The van der Waals surface area contributed by atoms with Crippen molar-refractivity contribution >= 4 is 27.3 Å². The number of sulfonamides is 1. The molecule has 2 aromatic heterocycles. The molecule has 4 rings (SSSR count). The van der Waals surface area contributed by atoms with Crippen molar-refractivity contribution in [3.63, 3.8) is 0 Å². The number of ether oxygens (including phenoxy) is 1. The normalized spacial score (nSPS) is 15.0. The van der Waals surface area contributed by atoms with Gasteiger partial charge < -0.3 is 9.64 Å². The Labute approximate surface area is 192 Å². The van der Waals surface area contributed by atoms with E-state index in [1.165, 1.54) is 4.31 Å². The molecule has 32 heavy (non-hydrogen) atoms. The summed E-state index contributed by atoms with van der Waals surface area (Å²) in [5.41, 5.74) is 2.07. The summed E-state index contributed by atoms with van der Waals surface area (Å²) in [7, 11) is -3.62. The smallest absolute Gasteiger partial charge is 0.255 e. The molecule has 3 heterocycles. The second kappa shape index (κ2) is 9.40. The van der Waals surface area contributed by atoms with E-state index in [2.05, 4.69) is 4.98 Å². The minimum Gasteiger partial charge on any atom is -0.494 e. The summed E-state index contributed by atoms with van der Waals surface area (Å²) in [6.07, 6.45) is 0. The van der Waals surface area contributed by atoms with Gasteiger partial charge in [-0.25, -0.2) is 8.42 Å². The number of nitrogens with zero attached hydrogens (tertiary/aromatic N) is 3. The van der Waals surface area contributed by atoms with E-state index in [1.54, 1.807) is 40.5 Å². The van der Waals surface area contributed by atoms with E-state index >= 15 is 0 Å². The fraction of sp³-hybridized carbons (Fsp3) is 0.304. The van der Waals surface area contributed by atoms with Crippen LogP contribution in [0.1, 0.15) is 23.0 Å². The van der Waals surface area contributed by atoms with Crippen molar-refractivity contribution in [3.05, 3.63) is 65.2 Å². The van der Waals surface area contributed by atoms with Gasteiger partial charge in [0.25, 0.3) is 5.91 Å². The van der Waals surface area contributed by atoms with Gasteiger partial charge in [0.05, 0.1) is 33.3 Å². The van der Waals surface area contributed by atoms with Gasteiger partial charge in [-0.1, -0.05) is 6.07 Å². The van der Waals surface area contributed by atoms with Gasteiger partial charge in [-0.2, -0.15) is 4.31 Å². The second-order valence-corrected chi connectivity index (χ2v) is 10.3. The molecule has 9 heteroatoms. The van der Waals surface area contributed by atoms with Gasteiger partial charge in [-0.05, 0) is 61.7 Å². The number of carbonyl (C=O) groups is 1. The number of amides is 1. The minimum absolute atomic E-state index is 0.120. The Hall–Kier alpha value is -2.75. The number of aryl methyl sites for hydroxylation is 1. The fourth-order valence-corrected chi connectivity index (χ4v) is 5.79. The molecular weight excluding hydrogens is 446 g/mol. The van der Waals surface area contributed by atoms with Crippen molar-refractivity contribution in [2.75, 3.05) is 32.8 Å². The number of benzene rings is 1. The molecule has 1 saturated heterocycles. The minimum atomic E-state index is -3.62. The molecule has 0 bridgehead atoms. The maximum Gasteiger partial charge on any atom is 0.255 e. The topological polar surface area (TPSA) is 79.8 Å². The Morgan fingerprint density at radius 1 is 1.06 bits per heavy atom. The third-order valence-electron chi connectivity index (χ3n) is 5.39. The molecule has 1 fully saturated rings. The van der Waals surface area contributed by atoms with Gasteiger partial charge in [-0.3, -0.25) is 9.78 Å². The lowest BCUT2D eigenvalue weighted by Gasteiger charge is -2.34. The van der Waals surface area contributed by atoms with Crippen LogP contribution in [0.15, 0.2) is 58.8 Å². The van der Waals surface area contributed by atoms with Gasteiger partial charge in [-0.15, -0.1) is 11.3 Å². The first-order valence-electron chi connectivity index (χ1n) is 10.4. The van der Waals surface area contributed by atoms with Crippen LogP contribution in [0, 0.1) is 6.92 Å². The largest absolute Gasteiger partial charge is 0.494 e. The molecule has 7 nitrogen and oxygen atoms in total. The highest BCUT2D eigenvalue weighted by atomic mass is 32.2. The van der Waals surface area contributed by atoms with Gasteiger partial charge >= 0.3 is 0 Å². The SMILES string of the molecule is CCOc1ccc(S(=O)(=O)N2CCN(C(=O)c3ccc(-c4cccs4)nc3C)CC2)cc1. The van der Waals surface area contributed by atoms with E-state index in [1.807, 2.05) is 43.5 Å². The highest BCUT2D eigenvalue weighted by molar-refractivity contribution is 7.89. The average Bonchev–Trinajstić information content (AvgIpc) is 3.34. The number of hydrogen-bond acceptors (Lipinski definition) is 6. The summed E-state index contributed by atoms with van der Waals surface area (Å²) in [5.74, 6) is 0.516. The van der Waals surface area contributed by atoms with Gasteiger partial charge in [0.15, 0.2) is 0 Å². The number of pyridine rings is 1. The molecule has 0 saturated carbocycles. The predicted molar refractivity (Wildman–Crippen MR) is 125 cm³/mol. The van der Waals surface area contributed by atoms with E-state index < -0.39 is 10.0 Å². The molecule has 1 aliphatic rings. The van der Waals surface area contributed by atoms with E-state index in [0.717, 1.165) is 10.6 Å². The van der Waals surface area contributed by atoms with Crippen molar-refractivity contribution < 1.29 is 17.9 Å². The van der Waals surface area contributed by atoms with E-state index in [-0.39, 0.29) is 23.9 Å². The zero-order chi connectivity index (χ0) is 22.7. The van der Waals surface area contributed by atoms with Crippen LogP contribution in [0.5, 0.6) is 5.75 Å². The Morgan fingerprint density at radius 2 is 1.78 bits per heavy atom. The first-order valence-corrected chi connectivity index (χ1v) is 12.8. The number of thiophene rings is 1. The summed E-state index contributed by atoms with van der Waals surface area (Å²) in [6, 6.07) is 14.1. The Morgan fingerprint density at radius 3 is 2.38 bits per heavy atom. The fourth-order valence-electron chi connectivity index (χ4n) is 3.67. The molecule has 0 atom stereocenters. The van der Waals surface area contributed by atoms with Crippen molar-refractivity contribution in [1.29, 1.82) is 0 Å². The summed E-state index contributed by atoms with van der Waals surface area (Å²) in [6.45, 7) is 5.40. The predicted octanol–water partition coefficient (Wildman–Crippen LogP) is 3.66. The van der Waals surface area contributed by atoms with E-state index in [9.17, 15) is 13.2 Å². The summed E-state index contributed by atoms with van der Waals surface area (Å²) in [5, 5.41) is 1.99. The lowest BCUT2D eigenvalue weighted by atomic mass is 10.1. The first kappa shape index (κ1) is 22.4. The lowest BCUT2D eigenvalue weighted by molar-refractivity contribution is 0.0696. The standard InChI is InChI=1S/C23H25N3O4S2/c1-3-30-18-6-8-19(9-7-18)32(28,29)26-14-12-25(13-15-26)23(27)20-10-11-21(24-17(20)2)22-5-4-16-31-22/h4-11,16H,3,12-15H2,1-2H3. The maximum atomic E-state index is 13.1. The number of aromatic nitrogens is 1. The van der Waals surface area contributed by atoms with Crippen LogP contribution >= 0.6 is 11.3 Å². The number of rotatable bonds is 6. The quantitative estimate of drug-likeness (QED) is 0.548. The molecule has 1 aliphatic heterocycles. The monoisotopic (exact) mass is 471 g/mol. The number of piperazine rings is 1. The van der Waals surface area contributed by atoms with Crippen LogP contribution in [-0.2, 0) is 10.0 Å². The summed E-state index contributed by atoms with van der Waals surface area (Å²) >= 11 is 1.60. The van der Waals surface area contributed by atoms with Crippen molar-refractivity contribution in [2.45, 2.75) is 18.7 Å². The molecular formula is C23H25N3O4S2. The highest BCUT2D eigenvalue weighted by Crippen LogP contribution is 2.25. The number of hydrogen-bond donors (Lipinski definition) is 0. The zero-order valence-corrected chi connectivity index (χ0v) is 19.7. The molecule has 1 aromatic carbocycles. The Kier molecular flexibility index (Phi) is 6.59. The Bertz CT molecular complexity index is 1180. The molecule has 0 aliphatic carbocycles. The zero-order valence-electron chi connectivity index (χ0n) is 18.0. The van der Waals surface area contributed by atoms with Crippen LogP contribution < -0.4 is 4.74 Å². The van der Waals surface area contributed by atoms with Gasteiger partial charge in [0.2, 0.25) is 10.0 Å². The molecule has 0 unspecified atom stereocenters. The van der Waals surface area contributed by atoms with Crippen LogP contribution in [-0.4, -0.2) is 61.3 Å². The number of carbonyl (C=O) groups excluding carboxylic acids is 1. The molecule has 1 amide bonds. The third kappa shape index (κ3) is 4.55. The van der Waals surface area contributed by atoms with Crippen LogP contribution in [0.4, 0.5) is 0 Å². The third-order valence-corrected chi connectivity index (χ3v) is 8.19. The lowest BCUT2D eigenvalue weighted by Crippen LogP contribution is -2.50. The molecule has 3 aromatic rings. The van der Waals surface area contributed by atoms with Gasteiger partial charge in [0.1, 0.15) is 5.75 Å². The van der Waals surface area contributed by atoms with Gasteiger partial charge in [0, 0.05) is 26.2 Å². The average molecular weight is 472 g/mol. The Balaban J connectivity index is 1.42. The molecule has 168 valence electrons. The molecule has 0 radical (unpaired) electrons. The van der Waals surface area contributed by atoms with Crippen molar-refractivity contribution in [1.82, 2.24) is 14.2 Å². The van der Waals surface area contributed by atoms with Crippen molar-refractivity contribution in [3.8, 4) is 16.3 Å². The summed E-state index contributed by atoms with van der Waals surface area (Å²) < 4.78 is 32.8. The van der Waals surface area contributed by atoms with Crippen LogP contribution in [0.3, 0.4) is 0 Å². The molecule has 0 N–H and O–H groups in total.